The first-order chi connectivity index (χ1) is 7.18. The SMILES string of the molecule is CC(C)[C@H](N)c1nc(C2CCOC2)no1.Cl. The van der Waals surface area contributed by atoms with Gasteiger partial charge in [-0.15, -0.1) is 12.4 Å². The Balaban J connectivity index is 0.00000128. The number of nitrogens with zero attached hydrogens (tertiary/aromatic N) is 2. The normalized spacial score (nSPS) is 22.1. The maximum atomic E-state index is 5.92. The first kappa shape index (κ1) is 13.4. The molecule has 1 saturated heterocycles. The molecule has 1 aromatic rings. The summed E-state index contributed by atoms with van der Waals surface area (Å²) in [6, 6.07) is -0.173. The molecule has 2 atom stereocenters. The van der Waals surface area contributed by atoms with Crippen molar-refractivity contribution in [1.29, 1.82) is 0 Å². The van der Waals surface area contributed by atoms with Crippen LogP contribution < -0.4 is 5.73 Å². The van der Waals surface area contributed by atoms with Crippen LogP contribution in [-0.4, -0.2) is 23.4 Å². The van der Waals surface area contributed by atoms with Crippen LogP contribution in [0.5, 0.6) is 0 Å². The molecule has 1 fully saturated rings. The topological polar surface area (TPSA) is 74.2 Å². The largest absolute Gasteiger partial charge is 0.381 e. The van der Waals surface area contributed by atoms with E-state index in [9.17, 15) is 0 Å². The van der Waals surface area contributed by atoms with E-state index in [4.69, 9.17) is 15.0 Å². The van der Waals surface area contributed by atoms with Gasteiger partial charge in [0.2, 0.25) is 5.89 Å². The lowest BCUT2D eigenvalue weighted by Crippen LogP contribution is -2.17. The fourth-order valence-corrected chi connectivity index (χ4v) is 1.57. The highest BCUT2D eigenvalue weighted by molar-refractivity contribution is 5.85. The van der Waals surface area contributed by atoms with Gasteiger partial charge in [-0.2, -0.15) is 4.98 Å². The quantitative estimate of drug-likeness (QED) is 0.879. The molecule has 1 aliphatic heterocycles. The van der Waals surface area contributed by atoms with Gasteiger partial charge in [-0.05, 0) is 12.3 Å². The van der Waals surface area contributed by atoms with Crippen molar-refractivity contribution >= 4 is 12.4 Å². The Bertz CT molecular complexity index is 307. The highest BCUT2D eigenvalue weighted by Crippen LogP contribution is 2.24. The number of hydrogen-bond donors (Lipinski definition) is 1. The van der Waals surface area contributed by atoms with Crippen LogP contribution in [0.4, 0.5) is 0 Å². The van der Waals surface area contributed by atoms with Crippen LogP contribution in [0.1, 0.15) is 43.9 Å². The van der Waals surface area contributed by atoms with E-state index in [-0.39, 0.29) is 24.4 Å². The Hall–Kier alpha value is -0.650. The number of aromatic nitrogens is 2. The summed E-state index contributed by atoms with van der Waals surface area (Å²) in [5.74, 6) is 1.85. The molecule has 0 aromatic carbocycles. The Morgan fingerprint density at radius 3 is 2.75 bits per heavy atom. The standard InChI is InChI=1S/C10H17N3O2.ClH/c1-6(2)8(11)10-12-9(13-15-10)7-3-4-14-5-7;/h6-8H,3-5,11H2,1-2H3;1H/t7?,8-;/m0./s1. The Morgan fingerprint density at radius 2 is 2.19 bits per heavy atom. The second-order valence-corrected chi connectivity index (χ2v) is 4.32. The van der Waals surface area contributed by atoms with Crippen LogP contribution >= 0.6 is 12.4 Å². The molecule has 1 unspecified atom stereocenters. The van der Waals surface area contributed by atoms with Crippen LogP contribution in [0.15, 0.2) is 4.52 Å². The molecule has 0 spiro atoms. The zero-order valence-corrected chi connectivity index (χ0v) is 10.4. The van der Waals surface area contributed by atoms with Crippen molar-refractivity contribution in [1.82, 2.24) is 10.1 Å². The van der Waals surface area contributed by atoms with Gasteiger partial charge in [0.25, 0.3) is 0 Å². The van der Waals surface area contributed by atoms with Gasteiger partial charge in [0, 0.05) is 12.5 Å². The summed E-state index contributed by atoms with van der Waals surface area (Å²) >= 11 is 0. The van der Waals surface area contributed by atoms with Crippen molar-refractivity contribution in [3.05, 3.63) is 11.7 Å². The molecule has 0 radical (unpaired) electrons. The van der Waals surface area contributed by atoms with Crippen molar-refractivity contribution in [3.8, 4) is 0 Å². The maximum Gasteiger partial charge on any atom is 0.243 e. The Labute approximate surface area is 101 Å². The van der Waals surface area contributed by atoms with Crippen LogP contribution in [0.25, 0.3) is 0 Å². The van der Waals surface area contributed by atoms with Crippen LogP contribution in [-0.2, 0) is 4.74 Å². The van der Waals surface area contributed by atoms with E-state index in [2.05, 4.69) is 10.1 Å². The Morgan fingerprint density at radius 1 is 1.44 bits per heavy atom. The highest BCUT2D eigenvalue weighted by atomic mass is 35.5. The molecule has 16 heavy (non-hydrogen) atoms. The fraction of sp³-hybridized carbons (Fsp3) is 0.800. The first-order valence-corrected chi connectivity index (χ1v) is 5.35. The Kier molecular flexibility index (Phi) is 4.70. The minimum Gasteiger partial charge on any atom is -0.381 e. The molecule has 6 heteroatoms. The third-order valence-electron chi connectivity index (χ3n) is 2.76. The molecule has 0 aliphatic carbocycles. The van der Waals surface area contributed by atoms with Crippen molar-refractivity contribution in [3.63, 3.8) is 0 Å². The van der Waals surface area contributed by atoms with Crippen LogP contribution in [0, 0.1) is 5.92 Å². The molecule has 2 rings (SSSR count). The first-order valence-electron chi connectivity index (χ1n) is 5.35. The molecular formula is C10H18ClN3O2. The molecule has 1 aromatic heterocycles. The summed E-state index contributed by atoms with van der Waals surface area (Å²) in [6.45, 7) is 5.54. The molecular weight excluding hydrogens is 230 g/mol. The second kappa shape index (κ2) is 5.61. The van der Waals surface area contributed by atoms with E-state index in [1.165, 1.54) is 0 Å². The summed E-state index contributed by atoms with van der Waals surface area (Å²) in [4.78, 5) is 4.33. The molecule has 1 aliphatic rings. The second-order valence-electron chi connectivity index (χ2n) is 4.32. The zero-order valence-electron chi connectivity index (χ0n) is 9.55. The van der Waals surface area contributed by atoms with E-state index in [1.807, 2.05) is 13.8 Å². The minimum absolute atomic E-state index is 0. The molecule has 92 valence electrons. The van der Waals surface area contributed by atoms with Gasteiger partial charge in [-0.1, -0.05) is 19.0 Å². The predicted octanol–water partition coefficient (Wildman–Crippen LogP) is 1.65. The summed E-state index contributed by atoms with van der Waals surface area (Å²) in [5.41, 5.74) is 5.92. The van der Waals surface area contributed by atoms with Crippen molar-refractivity contribution in [2.75, 3.05) is 13.2 Å². The fourth-order valence-electron chi connectivity index (χ4n) is 1.57. The average molecular weight is 248 g/mol. The third kappa shape index (κ3) is 2.72. The van der Waals surface area contributed by atoms with Crippen LogP contribution in [0.3, 0.4) is 0 Å². The lowest BCUT2D eigenvalue weighted by atomic mass is 10.1. The van der Waals surface area contributed by atoms with E-state index in [0.29, 0.717) is 18.4 Å². The van der Waals surface area contributed by atoms with Gasteiger partial charge in [0.1, 0.15) is 0 Å². The van der Waals surface area contributed by atoms with Gasteiger partial charge in [-0.3, -0.25) is 0 Å². The van der Waals surface area contributed by atoms with Gasteiger partial charge in [0.15, 0.2) is 5.82 Å². The number of rotatable bonds is 3. The van der Waals surface area contributed by atoms with Gasteiger partial charge in [0.05, 0.1) is 12.6 Å². The van der Waals surface area contributed by atoms with E-state index < -0.39 is 0 Å². The monoisotopic (exact) mass is 247 g/mol. The van der Waals surface area contributed by atoms with Gasteiger partial charge in [-0.25, -0.2) is 0 Å². The molecule has 2 heterocycles. The zero-order chi connectivity index (χ0) is 10.8. The minimum atomic E-state index is -0.173. The summed E-state index contributed by atoms with van der Waals surface area (Å²) in [5, 5.41) is 3.96. The predicted molar refractivity (Wildman–Crippen MR) is 61.5 cm³/mol. The lowest BCUT2D eigenvalue weighted by Gasteiger charge is -2.09. The highest BCUT2D eigenvalue weighted by Gasteiger charge is 2.25. The average Bonchev–Trinajstić information content (AvgIpc) is 2.86. The number of ether oxygens (including phenoxy) is 1. The van der Waals surface area contributed by atoms with Crippen LogP contribution in [0.2, 0.25) is 0 Å². The summed E-state index contributed by atoms with van der Waals surface area (Å²) in [7, 11) is 0. The lowest BCUT2D eigenvalue weighted by molar-refractivity contribution is 0.192. The van der Waals surface area contributed by atoms with Crippen molar-refractivity contribution in [2.45, 2.75) is 32.2 Å². The maximum absolute atomic E-state index is 5.92. The molecule has 0 amide bonds. The number of halogens is 1. The molecule has 0 saturated carbocycles. The number of hydrogen-bond acceptors (Lipinski definition) is 5. The van der Waals surface area contributed by atoms with Crippen molar-refractivity contribution < 1.29 is 9.26 Å². The summed E-state index contributed by atoms with van der Waals surface area (Å²) < 4.78 is 10.4. The summed E-state index contributed by atoms with van der Waals surface area (Å²) in [6.07, 6.45) is 0.968. The van der Waals surface area contributed by atoms with Gasteiger partial charge >= 0.3 is 0 Å². The molecule has 2 N–H and O–H groups in total. The van der Waals surface area contributed by atoms with E-state index >= 15 is 0 Å². The van der Waals surface area contributed by atoms with Gasteiger partial charge < -0.3 is 15.0 Å². The molecule has 5 nitrogen and oxygen atoms in total. The third-order valence-corrected chi connectivity index (χ3v) is 2.76. The van der Waals surface area contributed by atoms with E-state index in [0.717, 1.165) is 18.9 Å². The smallest absolute Gasteiger partial charge is 0.243 e. The number of nitrogens with two attached hydrogens (primary N) is 1. The molecule has 0 bridgehead atoms. The van der Waals surface area contributed by atoms with E-state index in [1.54, 1.807) is 0 Å². The van der Waals surface area contributed by atoms with Crippen molar-refractivity contribution in [2.24, 2.45) is 11.7 Å².